The molecule has 1 aromatic rings. The van der Waals surface area contributed by atoms with Gasteiger partial charge in [-0.05, 0) is 25.0 Å². The van der Waals surface area contributed by atoms with Crippen LogP contribution in [0.5, 0.6) is 5.75 Å². The van der Waals surface area contributed by atoms with Crippen LogP contribution in [0.2, 0.25) is 0 Å². The lowest BCUT2D eigenvalue weighted by atomic mass is 9.87. The van der Waals surface area contributed by atoms with Crippen molar-refractivity contribution >= 4 is 17.6 Å². The monoisotopic (exact) mass is 286 g/mol. The van der Waals surface area contributed by atoms with Crippen LogP contribution >= 0.6 is 0 Å². The SMILES string of the molecule is CC(=O)Oc1ccc(NC(=O)C2(C)CCCC2)c(C#N)c1. The molecular formula is C16H18N2O3. The molecule has 0 aliphatic heterocycles. The van der Waals surface area contributed by atoms with Crippen LogP contribution in [-0.4, -0.2) is 11.9 Å². The van der Waals surface area contributed by atoms with E-state index in [-0.39, 0.29) is 16.9 Å². The largest absolute Gasteiger partial charge is 0.427 e. The van der Waals surface area contributed by atoms with E-state index < -0.39 is 5.97 Å². The highest BCUT2D eigenvalue weighted by Crippen LogP contribution is 2.38. The summed E-state index contributed by atoms with van der Waals surface area (Å²) in [6.07, 6.45) is 3.85. The Labute approximate surface area is 123 Å². The first-order chi connectivity index (χ1) is 9.94. The number of nitrogens with one attached hydrogen (secondary N) is 1. The molecule has 0 unspecified atom stereocenters. The molecule has 0 saturated heterocycles. The first-order valence-electron chi connectivity index (χ1n) is 6.99. The summed E-state index contributed by atoms with van der Waals surface area (Å²) in [5, 5.41) is 12.0. The van der Waals surface area contributed by atoms with Crippen molar-refractivity contribution in [3.05, 3.63) is 23.8 Å². The van der Waals surface area contributed by atoms with Gasteiger partial charge in [0.1, 0.15) is 11.8 Å². The summed E-state index contributed by atoms with van der Waals surface area (Å²) in [6, 6.07) is 6.62. The third-order valence-electron chi connectivity index (χ3n) is 3.88. The van der Waals surface area contributed by atoms with Gasteiger partial charge in [-0.15, -0.1) is 0 Å². The number of carbonyl (C=O) groups excluding carboxylic acids is 2. The van der Waals surface area contributed by atoms with Gasteiger partial charge in [0.2, 0.25) is 5.91 Å². The highest BCUT2D eigenvalue weighted by atomic mass is 16.5. The van der Waals surface area contributed by atoms with Crippen LogP contribution in [0, 0.1) is 16.7 Å². The van der Waals surface area contributed by atoms with Crippen molar-refractivity contribution in [2.24, 2.45) is 5.41 Å². The Hall–Kier alpha value is -2.35. The Bertz CT molecular complexity index is 610. The first-order valence-corrected chi connectivity index (χ1v) is 6.99. The second kappa shape index (κ2) is 5.96. The average Bonchev–Trinajstić information content (AvgIpc) is 2.88. The molecule has 2 rings (SSSR count). The minimum atomic E-state index is -0.450. The van der Waals surface area contributed by atoms with Crippen LogP contribution in [0.4, 0.5) is 5.69 Å². The molecule has 1 amide bonds. The molecule has 21 heavy (non-hydrogen) atoms. The third-order valence-corrected chi connectivity index (χ3v) is 3.88. The van der Waals surface area contributed by atoms with Crippen molar-refractivity contribution in [3.8, 4) is 11.8 Å². The molecule has 0 atom stereocenters. The molecule has 0 heterocycles. The minimum Gasteiger partial charge on any atom is -0.427 e. The van der Waals surface area contributed by atoms with E-state index in [0.29, 0.717) is 11.4 Å². The molecule has 5 nitrogen and oxygen atoms in total. The van der Waals surface area contributed by atoms with E-state index in [0.717, 1.165) is 25.7 Å². The first kappa shape index (κ1) is 15.0. The zero-order valence-electron chi connectivity index (χ0n) is 12.2. The molecule has 0 bridgehead atoms. The Morgan fingerprint density at radius 3 is 2.57 bits per heavy atom. The zero-order chi connectivity index (χ0) is 15.5. The molecule has 0 radical (unpaired) electrons. The maximum absolute atomic E-state index is 12.4. The van der Waals surface area contributed by atoms with Gasteiger partial charge in [-0.3, -0.25) is 9.59 Å². The number of hydrogen-bond acceptors (Lipinski definition) is 4. The van der Waals surface area contributed by atoms with Crippen molar-refractivity contribution in [2.75, 3.05) is 5.32 Å². The van der Waals surface area contributed by atoms with Crippen molar-refractivity contribution in [3.63, 3.8) is 0 Å². The lowest BCUT2D eigenvalue weighted by molar-refractivity contribution is -0.132. The molecule has 0 spiro atoms. The van der Waals surface area contributed by atoms with Crippen molar-refractivity contribution in [2.45, 2.75) is 39.5 Å². The van der Waals surface area contributed by atoms with E-state index in [4.69, 9.17) is 4.74 Å². The smallest absolute Gasteiger partial charge is 0.308 e. The normalized spacial score (nSPS) is 16.0. The molecule has 5 heteroatoms. The third kappa shape index (κ3) is 3.40. The fourth-order valence-electron chi connectivity index (χ4n) is 2.61. The highest BCUT2D eigenvalue weighted by Gasteiger charge is 2.36. The van der Waals surface area contributed by atoms with Gasteiger partial charge in [-0.1, -0.05) is 19.8 Å². The summed E-state index contributed by atoms with van der Waals surface area (Å²) in [7, 11) is 0. The number of ether oxygens (including phenoxy) is 1. The number of rotatable bonds is 3. The molecule has 1 aromatic carbocycles. The Morgan fingerprint density at radius 1 is 1.33 bits per heavy atom. The quantitative estimate of drug-likeness (QED) is 0.684. The van der Waals surface area contributed by atoms with Crippen LogP contribution in [-0.2, 0) is 9.59 Å². The maximum atomic E-state index is 12.4. The van der Waals surface area contributed by atoms with Gasteiger partial charge in [-0.25, -0.2) is 0 Å². The predicted molar refractivity (Wildman–Crippen MR) is 77.7 cm³/mol. The fourth-order valence-corrected chi connectivity index (χ4v) is 2.61. The van der Waals surface area contributed by atoms with Gasteiger partial charge >= 0.3 is 5.97 Å². The van der Waals surface area contributed by atoms with Gasteiger partial charge in [-0.2, -0.15) is 5.26 Å². The zero-order valence-corrected chi connectivity index (χ0v) is 12.2. The molecule has 110 valence electrons. The Kier molecular flexibility index (Phi) is 4.27. The Morgan fingerprint density at radius 2 is 2.00 bits per heavy atom. The lowest BCUT2D eigenvalue weighted by Crippen LogP contribution is -2.31. The van der Waals surface area contributed by atoms with Crippen LogP contribution < -0.4 is 10.1 Å². The van der Waals surface area contributed by atoms with E-state index in [1.54, 1.807) is 12.1 Å². The van der Waals surface area contributed by atoms with Crippen molar-refractivity contribution in [1.82, 2.24) is 0 Å². The predicted octanol–water partition coefficient (Wildman–Crippen LogP) is 3.00. The standard InChI is InChI=1S/C16H18N2O3/c1-11(19)21-13-5-6-14(12(9-13)10-17)18-15(20)16(2)7-3-4-8-16/h5-6,9H,3-4,7-8H2,1-2H3,(H,18,20). The summed E-state index contributed by atoms with van der Waals surface area (Å²) < 4.78 is 4.93. The number of nitriles is 1. The summed E-state index contributed by atoms with van der Waals surface area (Å²) in [5.74, 6) is -0.213. The fraction of sp³-hybridized carbons (Fsp3) is 0.438. The highest BCUT2D eigenvalue weighted by molar-refractivity contribution is 5.96. The number of anilines is 1. The van der Waals surface area contributed by atoms with E-state index >= 15 is 0 Å². The molecule has 0 aromatic heterocycles. The van der Waals surface area contributed by atoms with Gasteiger partial charge < -0.3 is 10.1 Å². The second-order valence-electron chi connectivity index (χ2n) is 5.63. The molecule has 1 saturated carbocycles. The van der Waals surface area contributed by atoms with E-state index in [9.17, 15) is 14.9 Å². The molecule has 1 aliphatic carbocycles. The van der Waals surface area contributed by atoms with Gasteiger partial charge in [0.15, 0.2) is 0 Å². The summed E-state index contributed by atoms with van der Waals surface area (Å²) >= 11 is 0. The molecule has 1 N–H and O–H groups in total. The van der Waals surface area contributed by atoms with Crippen LogP contribution in [0.3, 0.4) is 0 Å². The molecule has 1 fully saturated rings. The van der Waals surface area contributed by atoms with Gasteiger partial charge in [0.05, 0.1) is 11.3 Å². The Balaban J connectivity index is 2.18. The number of nitrogens with zero attached hydrogens (tertiary/aromatic N) is 1. The topological polar surface area (TPSA) is 79.2 Å². The van der Waals surface area contributed by atoms with E-state index in [1.165, 1.54) is 13.0 Å². The van der Waals surface area contributed by atoms with Gasteiger partial charge in [0.25, 0.3) is 0 Å². The number of amides is 1. The van der Waals surface area contributed by atoms with Gasteiger partial charge in [0, 0.05) is 18.4 Å². The number of esters is 1. The minimum absolute atomic E-state index is 0.0586. The summed E-state index contributed by atoms with van der Waals surface area (Å²) in [4.78, 5) is 23.3. The lowest BCUT2D eigenvalue weighted by Gasteiger charge is -2.22. The number of hydrogen-bond donors (Lipinski definition) is 1. The number of benzene rings is 1. The van der Waals surface area contributed by atoms with E-state index in [2.05, 4.69) is 5.32 Å². The summed E-state index contributed by atoms with van der Waals surface area (Å²) in [5.41, 5.74) is 0.372. The maximum Gasteiger partial charge on any atom is 0.308 e. The molecular weight excluding hydrogens is 268 g/mol. The van der Waals surface area contributed by atoms with Crippen LogP contribution in [0.25, 0.3) is 0 Å². The van der Waals surface area contributed by atoms with Crippen LogP contribution in [0.15, 0.2) is 18.2 Å². The van der Waals surface area contributed by atoms with Crippen molar-refractivity contribution < 1.29 is 14.3 Å². The number of carbonyl (C=O) groups is 2. The van der Waals surface area contributed by atoms with E-state index in [1.807, 2.05) is 13.0 Å². The summed E-state index contributed by atoms with van der Waals surface area (Å²) in [6.45, 7) is 3.25. The molecule has 1 aliphatic rings. The van der Waals surface area contributed by atoms with Crippen molar-refractivity contribution in [1.29, 1.82) is 5.26 Å². The average molecular weight is 286 g/mol. The second-order valence-corrected chi connectivity index (χ2v) is 5.63. The van der Waals surface area contributed by atoms with Crippen LogP contribution in [0.1, 0.15) is 45.1 Å².